The van der Waals surface area contributed by atoms with E-state index in [1.165, 1.54) is 0 Å². The molecule has 128 valence electrons. The average Bonchev–Trinajstić information content (AvgIpc) is 3.08. The maximum atomic E-state index is 12.5. The topological polar surface area (TPSA) is 70.1 Å². The highest BCUT2D eigenvalue weighted by Crippen LogP contribution is 2.15. The van der Waals surface area contributed by atoms with Gasteiger partial charge in [-0.3, -0.25) is 4.79 Å². The minimum absolute atomic E-state index is 0.0453. The van der Waals surface area contributed by atoms with Crippen LogP contribution < -0.4 is 4.74 Å². The number of methoxy groups -OCH3 is 2. The maximum Gasteiger partial charge on any atom is 0.255 e. The summed E-state index contributed by atoms with van der Waals surface area (Å²) < 4.78 is 21.1. The molecule has 0 spiro atoms. The Morgan fingerprint density at radius 2 is 2.04 bits per heavy atom. The van der Waals surface area contributed by atoms with E-state index in [0.29, 0.717) is 44.4 Å². The molecule has 1 atom stereocenters. The molecule has 1 fully saturated rings. The molecule has 1 aromatic rings. The number of hydrogen-bond acceptors (Lipinski definition) is 6. The van der Waals surface area contributed by atoms with Crippen molar-refractivity contribution in [1.82, 2.24) is 9.88 Å². The molecule has 1 saturated heterocycles. The van der Waals surface area contributed by atoms with Crippen molar-refractivity contribution in [2.45, 2.75) is 12.5 Å². The second kappa shape index (κ2) is 9.44. The number of hydrogen-bond donors (Lipinski definition) is 0. The first kappa shape index (κ1) is 17.7. The van der Waals surface area contributed by atoms with Crippen molar-refractivity contribution >= 4 is 5.91 Å². The van der Waals surface area contributed by atoms with Crippen LogP contribution in [-0.4, -0.2) is 75.6 Å². The van der Waals surface area contributed by atoms with Crippen LogP contribution in [-0.2, 0) is 14.2 Å². The molecule has 2 rings (SSSR count). The molecule has 1 unspecified atom stereocenters. The fourth-order valence-electron chi connectivity index (χ4n) is 2.25. The lowest BCUT2D eigenvalue weighted by atomic mass is 10.2. The van der Waals surface area contributed by atoms with Gasteiger partial charge < -0.3 is 23.8 Å². The van der Waals surface area contributed by atoms with Crippen LogP contribution in [0.25, 0.3) is 0 Å². The first-order valence-electron chi connectivity index (χ1n) is 7.72. The molecule has 7 heteroatoms. The van der Waals surface area contributed by atoms with E-state index in [0.717, 1.165) is 13.0 Å². The highest BCUT2D eigenvalue weighted by molar-refractivity contribution is 5.94. The third kappa shape index (κ3) is 5.46. The highest BCUT2D eigenvalue weighted by atomic mass is 16.5. The minimum Gasteiger partial charge on any atom is -0.472 e. The smallest absolute Gasteiger partial charge is 0.255 e. The molecular weight excluding hydrogens is 300 g/mol. The van der Waals surface area contributed by atoms with Gasteiger partial charge in [0, 0.05) is 46.0 Å². The Morgan fingerprint density at radius 1 is 1.30 bits per heavy atom. The molecular formula is C16H24N2O5. The van der Waals surface area contributed by atoms with Crippen molar-refractivity contribution in [1.29, 1.82) is 0 Å². The van der Waals surface area contributed by atoms with Gasteiger partial charge in [-0.05, 0) is 6.07 Å². The molecule has 0 saturated carbocycles. The van der Waals surface area contributed by atoms with Crippen molar-refractivity contribution in [3.05, 3.63) is 23.9 Å². The lowest BCUT2D eigenvalue weighted by Gasteiger charge is -2.22. The molecule has 2 heterocycles. The summed E-state index contributed by atoms with van der Waals surface area (Å²) in [6.45, 7) is 3.28. The van der Waals surface area contributed by atoms with Gasteiger partial charge in [0.25, 0.3) is 5.91 Å². The Kier molecular flexibility index (Phi) is 7.25. The van der Waals surface area contributed by atoms with Crippen LogP contribution in [0.2, 0.25) is 0 Å². The zero-order valence-corrected chi connectivity index (χ0v) is 13.7. The van der Waals surface area contributed by atoms with Gasteiger partial charge in [0.05, 0.1) is 32.0 Å². The summed E-state index contributed by atoms with van der Waals surface area (Å²) in [6.07, 6.45) is 2.45. The summed E-state index contributed by atoms with van der Waals surface area (Å²) in [5.41, 5.74) is 0.521. The molecule has 1 amide bonds. The van der Waals surface area contributed by atoms with Crippen molar-refractivity contribution in [2.24, 2.45) is 0 Å². The Labute approximate surface area is 136 Å². The first-order chi connectivity index (χ1) is 11.2. The predicted octanol–water partition coefficient (Wildman–Crippen LogP) is 0.984. The predicted molar refractivity (Wildman–Crippen MR) is 83.7 cm³/mol. The minimum atomic E-state index is -0.0950. The van der Waals surface area contributed by atoms with E-state index in [1.807, 2.05) is 0 Å². The highest BCUT2D eigenvalue weighted by Gasteiger charge is 2.19. The van der Waals surface area contributed by atoms with Gasteiger partial charge in [-0.15, -0.1) is 0 Å². The van der Waals surface area contributed by atoms with Crippen LogP contribution in [0.4, 0.5) is 0 Å². The van der Waals surface area contributed by atoms with E-state index in [9.17, 15) is 4.79 Å². The fourth-order valence-corrected chi connectivity index (χ4v) is 2.25. The number of nitrogens with zero attached hydrogens (tertiary/aromatic N) is 2. The van der Waals surface area contributed by atoms with Crippen molar-refractivity contribution in [2.75, 3.05) is 53.7 Å². The first-order valence-corrected chi connectivity index (χ1v) is 7.72. The van der Waals surface area contributed by atoms with Gasteiger partial charge in [-0.2, -0.15) is 0 Å². The van der Waals surface area contributed by atoms with Gasteiger partial charge in [0.15, 0.2) is 0 Å². The average molecular weight is 324 g/mol. The summed E-state index contributed by atoms with van der Waals surface area (Å²) >= 11 is 0. The van der Waals surface area contributed by atoms with Crippen LogP contribution in [0.3, 0.4) is 0 Å². The zero-order valence-electron chi connectivity index (χ0n) is 13.7. The van der Waals surface area contributed by atoms with Crippen LogP contribution >= 0.6 is 0 Å². The van der Waals surface area contributed by atoms with E-state index in [1.54, 1.807) is 37.4 Å². The molecule has 0 bridgehead atoms. The monoisotopic (exact) mass is 324 g/mol. The van der Waals surface area contributed by atoms with Gasteiger partial charge in [0.1, 0.15) is 6.10 Å². The number of ether oxygens (including phenoxy) is 4. The van der Waals surface area contributed by atoms with Crippen LogP contribution in [0.15, 0.2) is 18.3 Å². The molecule has 7 nitrogen and oxygen atoms in total. The Hall–Kier alpha value is -1.70. The summed E-state index contributed by atoms with van der Waals surface area (Å²) in [7, 11) is 3.22. The van der Waals surface area contributed by atoms with E-state index >= 15 is 0 Å². The summed E-state index contributed by atoms with van der Waals surface area (Å²) in [5.74, 6) is 0.416. The van der Waals surface area contributed by atoms with Crippen molar-refractivity contribution in [3.8, 4) is 5.88 Å². The molecule has 1 aliphatic rings. The number of carbonyl (C=O) groups is 1. The molecule has 23 heavy (non-hydrogen) atoms. The Morgan fingerprint density at radius 3 is 2.57 bits per heavy atom. The SMILES string of the molecule is COCCN(CCOC)C(=O)c1ccc(OC2CCOC2)nc1. The number of pyridine rings is 1. The molecule has 0 aliphatic carbocycles. The van der Waals surface area contributed by atoms with Crippen molar-refractivity contribution < 1.29 is 23.7 Å². The van der Waals surface area contributed by atoms with Crippen molar-refractivity contribution in [3.63, 3.8) is 0 Å². The lowest BCUT2D eigenvalue weighted by molar-refractivity contribution is 0.0626. The normalized spacial score (nSPS) is 17.2. The summed E-state index contributed by atoms with van der Waals surface area (Å²) in [4.78, 5) is 18.4. The number of carbonyl (C=O) groups excluding carboxylic acids is 1. The Balaban J connectivity index is 1.95. The van der Waals surface area contributed by atoms with Gasteiger partial charge in [-0.1, -0.05) is 0 Å². The van der Waals surface area contributed by atoms with E-state index in [2.05, 4.69) is 4.98 Å². The largest absolute Gasteiger partial charge is 0.472 e. The van der Waals surface area contributed by atoms with Crippen LogP contribution in [0, 0.1) is 0 Å². The van der Waals surface area contributed by atoms with E-state index in [4.69, 9.17) is 18.9 Å². The molecule has 1 aliphatic heterocycles. The number of amides is 1. The second-order valence-corrected chi connectivity index (χ2v) is 5.27. The summed E-state index contributed by atoms with van der Waals surface area (Å²) in [6, 6.07) is 3.45. The lowest BCUT2D eigenvalue weighted by Crippen LogP contribution is -2.36. The van der Waals surface area contributed by atoms with Gasteiger partial charge in [0.2, 0.25) is 5.88 Å². The number of aromatic nitrogens is 1. The molecule has 1 aromatic heterocycles. The fraction of sp³-hybridized carbons (Fsp3) is 0.625. The maximum absolute atomic E-state index is 12.5. The Bertz CT molecular complexity index is 466. The van der Waals surface area contributed by atoms with Crippen LogP contribution in [0.5, 0.6) is 5.88 Å². The van der Waals surface area contributed by atoms with Gasteiger partial charge in [-0.25, -0.2) is 4.98 Å². The molecule has 0 aromatic carbocycles. The number of rotatable bonds is 9. The third-order valence-electron chi connectivity index (χ3n) is 3.58. The van der Waals surface area contributed by atoms with Crippen LogP contribution in [0.1, 0.15) is 16.8 Å². The molecule has 0 N–H and O–H groups in total. The molecule has 0 radical (unpaired) electrons. The van der Waals surface area contributed by atoms with E-state index < -0.39 is 0 Å². The summed E-state index contributed by atoms with van der Waals surface area (Å²) in [5, 5.41) is 0. The quantitative estimate of drug-likeness (QED) is 0.674. The standard InChI is InChI=1S/C16H24N2O5/c1-20-9-6-18(7-10-21-2)16(19)13-3-4-15(17-11-13)23-14-5-8-22-12-14/h3-4,11,14H,5-10,12H2,1-2H3. The van der Waals surface area contributed by atoms with E-state index in [-0.39, 0.29) is 12.0 Å². The van der Waals surface area contributed by atoms with Gasteiger partial charge >= 0.3 is 0 Å². The zero-order chi connectivity index (χ0) is 16.5. The third-order valence-corrected chi connectivity index (χ3v) is 3.58. The second-order valence-electron chi connectivity index (χ2n) is 5.27.